The molecule has 0 saturated heterocycles. The molecule has 2 heterocycles. The van der Waals surface area contributed by atoms with E-state index < -0.39 is 0 Å². The zero-order valence-electron chi connectivity index (χ0n) is 9.89. The second kappa shape index (κ2) is 6.91. The zero-order valence-corrected chi connectivity index (χ0v) is 11.5. The van der Waals surface area contributed by atoms with Crippen molar-refractivity contribution in [3.05, 3.63) is 44.8 Å². The van der Waals surface area contributed by atoms with Crippen molar-refractivity contribution in [3.63, 3.8) is 0 Å². The lowest BCUT2D eigenvalue weighted by Gasteiger charge is -2.16. The summed E-state index contributed by atoms with van der Waals surface area (Å²) in [7, 11) is 0. The van der Waals surface area contributed by atoms with Gasteiger partial charge >= 0.3 is 0 Å². The molecule has 0 bridgehead atoms. The predicted molar refractivity (Wildman–Crippen MR) is 75.0 cm³/mol. The van der Waals surface area contributed by atoms with E-state index in [1.54, 1.807) is 22.7 Å². The highest BCUT2D eigenvalue weighted by Gasteiger charge is 2.14. The Kier molecular flexibility index (Phi) is 5.19. The third kappa shape index (κ3) is 3.64. The maximum Gasteiger partial charge on any atom is 0.0765 e. The van der Waals surface area contributed by atoms with Crippen molar-refractivity contribution in [2.75, 3.05) is 19.8 Å². The third-order valence-corrected chi connectivity index (χ3v) is 4.33. The van der Waals surface area contributed by atoms with Crippen molar-refractivity contribution in [3.8, 4) is 0 Å². The molecule has 0 aliphatic carbocycles. The first-order valence-corrected chi connectivity index (χ1v) is 7.55. The molecule has 2 rings (SSSR count). The van der Waals surface area contributed by atoms with Gasteiger partial charge in [0.1, 0.15) is 0 Å². The van der Waals surface area contributed by atoms with Gasteiger partial charge in [0, 0.05) is 22.9 Å². The Labute approximate surface area is 110 Å². The van der Waals surface area contributed by atoms with Crippen molar-refractivity contribution in [1.82, 2.24) is 5.32 Å². The average Bonchev–Trinajstić information content (AvgIpc) is 3.02. The molecule has 17 heavy (non-hydrogen) atoms. The Hall–Kier alpha value is -0.680. The smallest absolute Gasteiger partial charge is 0.0765 e. The monoisotopic (exact) mass is 267 g/mol. The highest BCUT2D eigenvalue weighted by molar-refractivity contribution is 7.11. The summed E-state index contributed by atoms with van der Waals surface area (Å²) in [5.41, 5.74) is 0. The van der Waals surface area contributed by atoms with Gasteiger partial charge in [-0.2, -0.15) is 0 Å². The molecule has 0 saturated carbocycles. The molecule has 0 aliphatic rings. The van der Waals surface area contributed by atoms with Crippen LogP contribution in [0.4, 0.5) is 0 Å². The quantitative estimate of drug-likeness (QED) is 0.775. The van der Waals surface area contributed by atoms with Gasteiger partial charge in [-0.15, -0.1) is 22.7 Å². The van der Waals surface area contributed by atoms with E-state index in [9.17, 15) is 0 Å². The second-order valence-electron chi connectivity index (χ2n) is 3.61. The Balaban J connectivity index is 1.99. The molecular formula is C13H17NOS2. The van der Waals surface area contributed by atoms with Crippen LogP contribution in [0.3, 0.4) is 0 Å². The van der Waals surface area contributed by atoms with E-state index >= 15 is 0 Å². The van der Waals surface area contributed by atoms with Gasteiger partial charge in [-0.25, -0.2) is 0 Å². The van der Waals surface area contributed by atoms with Crippen LogP contribution in [-0.2, 0) is 4.74 Å². The normalized spacial score (nSPS) is 11.2. The van der Waals surface area contributed by atoms with E-state index in [2.05, 4.69) is 40.3 Å². The van der Waals surface area contributed by atoms with E-state index in [0.717, 1.165) is 19.8 Å². The molecule has 1 N–H and O–H groups in total. The van der Waals surface area contributed by atoms with E-state index in [-0.39, 0.29) is 0 Å². The fourth-order valence-electron chi connectivity index (χ4n) is 1.67. The van der Waals surface area contributed by atoms with Crippen molar-refractivity contribution in [1.29, 1.82) is 0 Å². The number of ether oxygens (including phenoxy) is 1. The van der Waals surface area contributed by atoms with Crippen LogP contribution in [-0.4, -0.2) is 19.8 Å². The van der Waals surface area contributed by atoms with Crippen LogP contribution in [0.25, 0.3) is 0 Å². The van der Waals surface area contributed by atoms with Gasteiger partial charge in [0.25, 0.3) is 0 Å². The maximum atomic E-state index is 5.36. The summed E-state index contributed by atoms with van der Waals surface area (Å²) in [5, 5.41) is 7.81. The van der Waals surface area contributed by atoms with Gasteiger partial charge in [0.2, 0.25) is 0 Å². The first-order chi connectivity index (χ1) is 8.42. The number of nitrogens with one attached hydrogen (secondary N) is 1. The highest BCUT2D eigenvalue weighted by atomic mass is 32.1. The molecule has 92 valence electrons. The maximum absolute atomic E-state index is 5.36. The molecule has 2 nitrogen and oxygen atoms in total. The molecule has 2 aromatic rings. The van der Waals surface area contributed by atoms with Gasteiger partial charge in [-0.1, -0.05) is 12.1 Å². The summed E-state index contributed by atoms with van der Waals surface area (Å²) in [4.78, 5) is 2.73. The Bertz CT molecular complexity index is 363. The lowest BCUT2D eigenvalue weighted by atomic mass is 10.2. The molecule has 2 aromatic heterocycles. The van der Waals surface area contributed by atoms with E-state index in [0.29, 0.717) is 6.04 Å². The van der Waals surface area contributed by atoms with Crippen LogP contribution in [0.1, 0.15) is 22.7 Å². The number of hydrogen-bond donors (Lipinski definition) is 1. The minimum absolute atomic E-state index is 0.315. The third-order valence-electron chi connectivity index (χ3n) is 2.45. The molecule has 0 unspecified atom stereocenters. The molecule has 0 fully saturated rings. The molecule has 4 heteroatoms. The van der Waals surface area contributed by atoms with Gasteiger partial charge in [-0.3, -0.25) is 0 Å². The second-order valence-corrected chi connectivity index (χ2v) is 5.57. The van der Waals surface area contributed by atoms with Gasteiger partial charge < -0.3 is 10.1 Å². The Morgan fingerprint density at radius 1 is 1.18 bits per heavy atom. The fraction of sp³-hybridized carbons (Fsp3) is 0.385. The zero-order chi connectivity index (χ0) is 11.9. The van der Waals surface area contributed by atoms with E-state index in [1.807, 2.05) is 6.92 Å². The minimum atomic E-state index is 0.315. The summed E-state index contributed by atoms with van der Waals surface area (Å²) >= 11 is 3.59. The molecule has 0 radical (unpaired) electrons. The lowest BCUT2D eigenvalue weighted by molar-refractivity contribution is 0.148. The van der Waals surface area contributed by atoms with Gasteiger partial charge in [0.15, 0.2) is 0 Å². The molecule has 0 spiro atoms. The summed E-state index contributed by atoms with van der Waals surface area (Å²) in [6, 6.07) is 8.89. The first-order valence-electron chi connectivity index (χ1n) is 5.79. The molecule has 0 amide bonds. The summed E-state index contributed by atoms with van der Waals surface area (Å²) in [6.07, 6.45) is 0. The van der Waals surface area contributed by atoms with E-state index in [1.165, 1.54) is 9.75 Å². The molecule has 0 aromatic carbocycles. The largest absolute Gasteiger partial charge is 0.380 e. The van der Waals surface area contributed by atoms with Gasteiger partial charge in [0.05, 0.1) is 12.6 Å². The van der Waals surface area contributed by atoms with Crippen LogP contribution in [0.5, 0.6) is 0 Å². The summed E-state index contributed by atoms with van der Waals surface area (Å²) < 4.78 is 5.36. The summed E-state index contributed by atoms with van der Waals surface area (Å²) in [6.45, 7) is 4.46. The predicted octanol–water partition coefficient (Wildman–Crippen LogP) is 3.53. The van der Waals surface area contributed by atoms with Crippen LogP contribution in [0.15, 0.2) is 35.0 Å². The minimum Gasteiger partial charge on any atom is -0.380 e. The number of hydrogen-bond acceptors (Lipinski definition) is 4. The fourth-order valence-corrected chi connectivity index (χ4v) is 3.38. The first kappa shape index (κ1) is 12.8. The van der Waals surface area contributed by atoms with Crippen molar-refractivity contribution in [2.45, 2.75) is 13.0 Å². The van der Waals surface area contributed by atoms with Crippen molar-refractivity contribution in [2.24, 2.45) is 0 Å². The van der Waals surface area contributed by atoms with Crippen LogP contribution in [0.2, 0.25) is 0 Å². The summed E-state index contributed by atoms with van der Waals surface area (Å²) in [5.74, 6) is 0. The van der Waals surface area contributed by atoms with Crippen molar-refractivity contribution >= 4 is 22.7 Å². The average molecular weight is 267 g/mol. The van der Waals surface area contributed by atoms with Crippen LogP contribution in [0, 0.1) is 0 Å². The lowest BCUT2D eigenvalue weighted by Crippen LogP contribution is -2.25. The highest BCUT2D eigenvalue weighted by Crippen LogP contribution is 2.28. The van der Waals surface area contributed by atoms with Gasteiger partial charge in [-0.05, 0) is 29.8 Å². The molecule has 0 atom stereocenters. The van der Waals surface area contributed by atoms with Crippen molar-refractivity contribution < 1.29 is 4.74 Å². The van der Waals surface area contributed by atoms with Crippen LogP contribution >= 0.6 is 22.7 Å². The number of rotatable bonds is 7. The molecule has 0 aliphatic heterocycles. The Morgan fingerprint density at radius 3 is 2.29 bits per heavy atom. The Morgan fingerprint density at radius 2 is 1.82 bits per heavy atom. The van der Waals surface area contributed by atoms with E-state index in [4.69, 9.17) is 4.74 Å². The standard InChI is InChI=1S/C13H17NOS2/c1-2-15-8-7-14-13(11-5-3-9-16-11)12-6-4-10-17-12/h3-6,9-10,13-14H,2,7-8H2,1H3. The number of thiophene rings is 2. The van der Waals surface area contributed by atoms with Crippen LogP contribution < -0.4 is 5.32 Å². The topological polar surface area (TPSA) is 21.3 Å². The SMILES string of the molecule is CCOCCNC(c1cccs1)c1cccs1. The molecular weight excluding hydrogens is 250 g/mol.